The molecule has 0 aliphatic rings. The summed E-state index contributed by atoms with van der Waals surface area (Å²) in [5.74, 6) is -0.0477. The molecule has 1 N–H and O–H groups in total. The first-order valence-corrected chi connectivity index (χ1v) is 6.71. The molecule has 1 aromatic heterocycles. The summed E-state index contributed by atoms with van der Waals surface area (Å²) in [5, 5.41) is 3.02. The standard InChI is InChI=1S/C16H19N3O/c1-3-19(12-13-7-5-4-6-8-13)16(20)15-11-14(17-2)9-10-18-15/h4-11H,3,12H2,1-2H3,(H,17,18). The third-order valence-electron chi connectivity index (χ3n) is 3.15. The molecule has 0 atom stereocenters. The number of nitrogens with zero attached hydrogens (tertiary/aromatic N) is 2. The van der Waals surface area contributed by atoms with Crippen molar-refractivity contribution in [2.75, 3.05) is 18.9 Å². The molecule has 0 radical (unpaired) electrons. The van der Waals surface area contributed by atoms with Gasteiger partial charge in [0.05, 0.1) is 0 Å². The Balaban J connectivity index is 2.16. The molecule has 1 aromatic carbocycles. The number of aromatic nitrogens is 1. The summed E-state index contributed by atoms with van der Waals surface area (Å²) in [5.41, 5.74) is 2.47. The van der Waals surface area contributed by atoms with Crippen LogP contribution in [0.4, 0.5) is 5.69 Å². The van der Waals surface area contributed by atoms with Crippen LogP contribution in [0.15, 0.2) is 48.7 Å². The van der Waals surface area contributed by atoms with Gasteiger partial charge >= 0.3 is 0 Å². The molecule has 20 heavy (non-hydrogen) atoms. The van der Waals surface area contributed by atoms with E-state index < -0.39 is 0 Å². The van der Waals surface area contributed by atoms with Gasteiger partial charge < -0.3 is 10.2 Å². The summed E-state index contributed by atoms with van der Waals surface area (Å²) in [6.07, 6.45) is 1.65. The van der Waals surface area contributed by atoms with Gasteiger partial charge in [-0.1, -0.05) is 30.3 Å². The van der Waals surface area contributed by atoms with Gasteiger partial charge in [0.2, 0.25) is 0 Å². The first-order chi connectivity index (χ1) is 9.74. The molecule has 0 spiro atoms. The van der Waals surface area contributed by atoms with Crippen molar-refractivity contribution in [1.82, 2.24) is 9.88 Å². The van der Waals surface area contributed by atoms with Crippen molar-refractivity contribution in [3.63, 3.8) is 0 Å². The Morgan fingerprint density at radius 1 is 1.25 bits per heavy atom. The van der Waals surface area contributed by atoms with Gasteiger partial charge in [0.1, 0.15) is 5.69 Å². The number of hydrogen-bond donors (Lipinski definition) is 1. The van der Waals surface area contributed by atoms with Crippen LogP contribution >= 0.6 is 0 Å². The minimum absolute atomic E-state index is 0.0477. The normalized spacial score (nSPS) is 10.1. The average molecular weight is 269 g/mol. The van der Waals surface area contributed by atoms with Gasteiger partial charge in [0.15, 0.2) is 0 Å². The molecule has 0 unspecified atom stereocenters. The number of rotatable bonds is 5. The van der Waals surface area contributed by atoms with Gasteiger partial charge in [-0.05, 0) is 24.6 Å². The molecule has 0 saturated heterocycles. The topological polar surface area (TPSA) is 45.2 Å². The fourth-order valence-electron chi connectivity index (χ4n) is 2.00. The van der Waals surface area contributed by atoms with Gasteiger partial charge in [0, 0.05) is 32.0 Å². The van der Waals surface area contributed by atoms with Gasteiger partial charge in [0.25, 0.3) is 5.91 Å². The quantitative estimate of drug-likeness (QED) is 0.907. The third-order valence-corrected chi connectivity index (χ3v) is 3.15. The summed E-state index contributed by atoms with van der Waals surface area (Å²) >= 11 is 0. The lowest BCUT2D eigenvalue weighted by Crippen LogP contribution is -2.31. The second kappa shape index (κ2) is 6.70. The van der Waals surface area contributed by atoms with Gasteiger partial charge in [-0.15, -0.1) is 0 Å². The van der Waals surface area contributed by atoms with E-state index in [0.717, 1.165) is 11.3 Å². The van der Waals surface area contributed by atoms with Crippen LogP contribution in [0.5, 0.6) is 0 Å². The highest BCUT2D eigenvalue weighted by atomic mass is 16.2. The van der Waals surface area contributed by atoms with Crippen LogP contribution in [0, 0.1) is 0 Å². The summed E-state index contributed by atoms with van der Waals surface area (Å²) in [4.78, 5) is 18.4. The summed E-state index contributed by atoms with van der Waals surface area (Å²) in [6.45, 7) is 3.23. The highest BCUT2D eigenvalue weighted by Crippen LogP contribution is 2.12. The molecular formula is C16H19N3O. The van der Waals surface area contributed by atoms with E-state index in [9.17, 15) is 4.79 Å². The van der Waals surface area contributed by atoms with Crippen molar-refractivity contribution < 1.29 is 4.79 Å². The lowest BCUT2D eigenvalue weighted by molar-refractivity contribution is 0.0746. The average Bonchev–Trinajstić information content (AvgIpc) is 2.53. The van der Waals surface area contributed by atoms with Crippen molar-refractivity contribution >= 4 is 11.6 Å². The number of pyridine rings is 1. The summed E-state index contributed by atoms with van der Waals surface area (Å²) in [6, 6.07) is 13.6. The predicted octanol–water partition coefficient (Wildman–Crippen LogP) is 2.79. The van der Waals surface area contributed by atoms with Crippen molar-refractivity contribution in [3.05, 3.63) is 59.9 Å². The minimum atomic E-state index is -0.0477. The number of hydrogen-bond acceptors (Lipinski definition) is 3. The maximum atomic E-state index is 12.5. The van der Waals surface area contributed by atoms with Crippen LogP contribution in [-0.4, -0.2) is 29.4 Å². The monoisotopic (exact) mass is 269 g/mol. The molecule has 2 aromatic rings. The van der Waals surface area contributed by atoms with Crippen LogP contribution in [0.1, 0.15) is 23.0 Å². The maximum Gasteiger partial charge on any atom is 0.272 e. The number of amides is 1. The number of anilines is 1. The second-order valence-electron chi connectivity index (χ2n) is 4.48. The number of benzene rings is 1. The minimum Gasteiger partial charge on any atom is -0.388 e. The zero-order chi connectivity index (χ0) is 14.4. The molecule has 4 heteroatoms. The van der Waals surface area contributed by atoms with Crippen molar-refractivity contribution in [2.45, 2.75) is 13.5 Å². The van der Waals surface area contributed by atoms with Crippen LogP contribution in [0.3, 0.4) is 0 Å². The van der Waals surface area contributed by atoms with Crippen LogP contribution in [0.25, 0.3) is 0 Å². The van der Waals surface area contributed by atoms with E-state index in [1.807, 2.05) is 50.4 Å². The van der Waals surface area contributed by atoms with E-state index >= 15 is 0 Å². The van der Waals surface area contributed by atoms with E-state index in [1.165, 1.54) is 0 Å². The Kier molecular flexibility index (Phi) is 4.71. The molecule has 1 heterocycles. The van der Waals surface area contributed by atoms with Crippen LogP contribution < -0.4 is 5.32 Å². The Morgan fingerprint density at radius 2 is 2.00 bits per heavy atom. The summed E-state index contributed by atoms with van der Waals surface area (Å²) in [7, 11) is 1.82. The van der Waals surface area contributed by atoms with Gasteiger partial charge in [-0.3, -0.25) is 9.78 Å². The zero-order valence-corrected chi connectivity index (χ0v) is 11.8. The second-order valence-corrected chi connectivity index (χ2v) is 4.48. The van der Waals surface area contributed by atoms with Crippen LogP contribution in [0.2, 0.25) is 0 Å². The molecule has 1 amide bonds. The fourth-order valence-corrected chi connectivity index (χ4v) is 2.00. The van der Waals surface area contributed by atoms with Gasteiger partial charge in [-0.25, -0.2) is 0 Å². The molecule has 104 valence electrons. The van der Waals surface area contributed by atoms with E-state index in [-0.39, 0.29) is 5.91 Å². The lowest BCUT2D eigenvalue weighted by Gasteiger charge is -2.20. The largest absolute Gasteiger partial charge is 0.388 e. The maximum absolute atomic E-state index is 12.5. The van der Waals surface area contributed by atoms with E-state index in [2.05, 4.69) is 10.3 Å². The van der Waals surface area contributed by atoms with Crippen molar-refractivity contribution in [3.8, 4) is 0 Å². The molecule has 0 bridgehead atoms. The molecule has 0 fully saturated rings. The molecule has 0 aliphatic carbocycles. The highest BCUT2D eigenvalue weighted by Gasteiger charge is 2.16. The predicted molar refractivity (Wildman–Crippen MR) is 80.6 cm³/mol. The highest BCUT2D eigenvalue weighted by molar-refractivity contribution is 5.93. The molecule has 0 aliphatic heterocycles. The Bertz CT molecular complexity index is 569. The SMILES string of the molecule is CCN(Cc1ccccc1)C(=O)c1cc(NC)ccn1. The zero-order valence-electron chi connectivity index (χ0n) is 11.8. The molecule has 4 nitrogen and oxygen atoms in total. The molecule has 0 saturated carbocycles. The number of carbonyl (C=O) groups is 1. The Hall–Kier alpha value is -2.36. The smallest absolute Gasteiger partial charge is 0.272 e. The Labute approximate surface area is 119 Å². The first-order valence-electron chi connectivity index (χ1n) is 6.71. The molecule has 2 rings (SSSR count). The first kappa shape index (κ1) is 14.1. The van der Waals surface area contributed by atoms with Crippen LogP contribution in [-0.2, 0) is 6.54 Å². The van der Waals surface area contributed by atoms with E-state index in [0.29, 0.717) is 18.8 Å². The van der Waals surface area contributed by atoms with Gasteiger partial charge in [-0.2, -0.15) is 0 Å². The van der Waals surface area contributed by atoms with E-state index in [1.54, 1.807) is 17.2 Å². The Morgan fingerprint density at radius 3 is 2.65 bits per heavy atom. The van der Waals surface area contributed by atoms with E-state index in [4.69, 9.17) is 0 Å². The summed E-state index contributed by atoms with van der Waals surface area (Å²) < 4.78 is 0. The molecular weight excluding hydrogens is 250 g/mol. The lowest BCUT2D eigenvalue weighted by atomic mass is 10.2. The third kappa shape index (κ3) is 3.35. The number of nitrogens with one attached hydrogen (secondary N) is 1. The number of carbonyl (C=O) groups excluding carboxylic acids is 1. The van der Waals surface area contributed by atoms with Crippen molar-refractivity contribution in [1.29, 1.82) is 0 Å². The van der Waals surface area contributed by atoms with Crippen molar-refractivity contribution in [2.24, 2.45) is 0 Å². The fraction of sp³-hybridized carbons (Fsp3) is 0.250.